The first-order chi connectivity index (χ1) is 6.78. The summed E-state index contributed by atoms with van der Waals surface area (Å²) in [5.74, 6) is 0.808. The topological polar surface area (TPSA) is 24.5 Å². The second kappa shape index (κ2) is 3.19. The zero-order valence-electron chi connectivity index (χ0n) is 8.96. The summed E-state index contributed by atoms with van der Waals surface area (Å²) in [6, 6.07) is 0. The highest BCUT2D eigenvalue weighted by Crippen LogP contribution is 2.39. The highest BCUT2D eigenvalue weighted by atomic mass is 16.5. The van der Waals surface area contributed by atoms with E-state index in [1.54, 1.807) is 0 Å². The fourth-order valence-electron chi connectivity index (χ4n) is 3.43. The molecule has 2 bridgehead atoms. The van der Waals surface area contributed by atoms with Crippen molar-refractivity contribution < 1.29 is 4.74 Å². The molecule has 4 aliphatic heterocycles. The van der Waals surface area contributed by atoms with Gasteiger partial charge in [0.25, 0.3) is 0 Å². The Labute approximate surface area is 85.8 Å². The average molecular weight is 196 g/mol. The number of piperidine rings is 3. The molecule has 2 unspecified atom stereocenters. The highest BCUT2D eigenvalue weighted by Gasteiger charge is 2.49. The Morgan fingerprint density at radius 1 is 1.36 bits per heavy atom. The van der Waals surface area contributed by atoms with Gasteiger partial charge in [-0.05, 0) is 38.8 Å². The van der Waals surface area contributed by atoms with Gasteiger partial charge in [0.1, 0.15) is 0 Å². The molecule has 2 atom stereocenters. The molecule has 0 aliphatic carbocycles. The first kappa shape index (κ1) is 9.13. The van der Waals surface area contributed by atoms with E-state index in [9.17, 15) is 0 Å². The standard InChI is InChI=1S/C11H20N2O/c1-9-6-12-7-11(14-9)8-13-4-2-10(11)3-5-13/h9-10,12H,2-8H2,1H3. The summed E-state index contributed by atoms with van der Waals surface area (Å²) in [4.78, 5) is 2.57. The van der Waals surface area contributed by atoms with E-state index >= 15 is 0 Å². The second-order valence-corrected chi connectivity index (χ2v) is 5.17. The minimum Gasteiger partial charge on any atom is -0.368 e. The van der Waals surface area contributed by atoms with Gasteiger partial charge in [0.2, 0.25) is 0 Å². The lowest BCUT2D eigenvalue weighted by atomic mass is 9.74. The smallest absolute Gasteiger partial charge is 0.0965 e. The molecular formula is C11H20N2O. The predicted octanol–water partition coefficient (Wildman–Crippen LogP) is 0.459. The minimum absolute atomic E-state index is 0.161. The van der Waals surface area contributed by atoms with E-state index < -0.39 is 0 Å². The van der Waals surface area contributed by atoms with Gasteiger partial charge in [0.15, 0.2) is 0 Å². The number of ether oxygens (including phenoxy) is 1. The van der Waals surface area contributed by atoms with E-state index in [0.29, 0.717) is 6.10 Å². The van der Waals surface area contributed by atoms with E-state index in [1.807, 2.05) is 0 Å². The summed E-state index contributed by atoms with van der Waals surface area (Å²) in [5.41, 5.74) is 0.161. The lowest BCUT2D eigenvalue weighted by molar-refractivity contribution is -0.189. The first-order valence-electron chi connectivity index (χ1n) is 5.89. The molecule has 14 heavy (non-hydrogen) atoms. The van der Waals surface area contributed by atoms with Gasteiger partial charge in [-0.25, -0.2) is 0 Å². The van der Waals surface area contributed by atoms with Crippen molar-refractivity contribution >= 4 is 0 Å². The number of hydrogen-bond donors (Lipinski definition) is 1. The molecule has 0 aromatic carbocycles. The van der Waals surface area contributed by atoms with Gasteiger partial charge < -0.3 is 15.0 Å². The lowest BCUT2D eigenvalue weighted by Gasteiger charge is -2.55. The van der Waals surface area contributed by atoms with Crippen LogP contribution in [0, 0.1) is 5.92 Å². The van der Waals surface area contributed by atoms with Gasteiger partial charge in [0.05, 0.1) is 11.7 Å². The van der Waals surface area contributed by atoms with Gasteiger partial charge in [-0.15, -0.1) is 0 Å². The van der Waals surface area contributed by atoms with Crippen LogP contribution in [0.4, 0.5) is 0 Å². The van der Waals surface area contributed by atoms with E-state index in [4.69, 9.17) is 4.74 Å². The monoisotopic (exact) mass is 196 g/mol. The second-order valence-electron chi connectivity index (χ2n) is 5.17. The van der Waals surface area contributed by atoms with Crippen LogP contribution in [0.2, 0.25) is 0 Å². The van der Waals surface area contributed by atoms with Crippen LogP contribution in [0.25, 0.3) is 0 Å². The molecule has 3 nitrogen and oxygen atoms in total. The highest BCUT2D eigenvalue weighted by molar-refractivity contribution is 5.03. The summed E-state index contributed by atoms with van der Waals surface area (Å²) in [7, 11) is 0. The number of hydrogen-bond acceptors (Lipinski definition) is 3. The molecule has 80 valence electrons. The van der Waals surface area contributed by atoms with E-state index in [0.717, 1.165) is 25.6 Å². The van der Waals surface area contributed by atoms with Crippen molar-refractivity contribution in [2.24, 2.45) is 5.92 Å². The number of nitrogens with one attached hydrogen (secondary N) is 1. The number of nitrogens with zero attached hydrogens (tertiary/aromatic N) is 1. The SMILES string of the molecule is CC1CNCC2(CN3CCC2CC3)O1. The Morgan fingerprint density at radius 2 is 2.14 bits per heavy atom. The third-order valence-electron chi connectivity index (χ3n) is 4.11. The minimum atomic E-state index is 0.161. The first-order valence-corrected chi connectivity index (χ1v) is 5.89. The number of rotatable bonds is 0. The molecule has 1 spiro atoms. The van der Waals surface area contributed by atoms with Crippen molar-refractivity contribution in [1.82, 2.24) is 10.2 Å². The molecule has 4 heterocycles. The third kappa shape index (κ3) is 1.30. The number of fused-ring (bicyclic) bond motifs is 2. The van der Waals surface area contributed by atoms with Gasteiger partial charge in [-0.3, -0.25) is 0 Å². The summed E-state index contributed by atoms with van der Waals surface area (Å²) in [6.45, 7) is 8.03. The van der Waals surface area contributed by atoms with Crippen LogP contribution >= 0.6 is 0 Å². The zero-order chi connectivity index (χ0) is 9.60. The fourth-order valence-corrected chi connectivity index (χ4v) is 3.43. The average Bonchev–Trinajstić information content (AvgIpc) is 2.18. The Hall–Kier alpha value is -0.120. The Morgan fingerprint density at radius 3 is 2.71 bits per heavy atom. The maximum Gasteiger partial charge on any atom is 0.0965 e. The quantitative estimate of drug-likeness (QED) is 0.609. The van der Waals surface area contributed by atoms with Crippen molar-refractivity contribution in [3.05, 3.63) is 0 Å². The van der Waals surface area contributed by atoms with E-state index in [1.165, 1.54) is 25.9 Å². The van der Waals surface area contributed by atoms with Gasteiger partial charge in [0, 0.05) is 19.6 Å². The molecule has 4 fully saturated rings. The summed E-state index contributed by atoms with van der Waals surface area (Å²) in [6.07, 6.45) is 3.08. The summed E-state index contributed by atoms with van der Waals surface area (Å²) < 4.78 is 6.24. The molecule has 0 amide bonds. The molecule has 4 aliphatic rings. The predicted molar refractivity (Wildman–Crippen MR) is 55.3 cm³/mol. The molecule has 4 rings (SSSR count). The molecule has 0 aromatic rings. The normalized spacial score (nSPS) is 52.5. The molecule has 0 radical (unpaired) electrons. The van der Waals surface area contributed by atoms with Crippen LogP contribution in [0.3, 0.4) is 0 Å². The lowest BCUT2D eigenvalue weighted by Crippen LogP contribution is -2.67. The van der Waals surface area contributed by atoms with Crippen LogP contribution in [0.15, 0.2) is 0 Å². The maximum absolute atomic E-state index is 6.24. The molecule has 0 aromatic heterocycles. The van der Waals surface area contributed by atoms with Crippen LogP contribution in [0.1, 0.15) is 19.8 Å². The van der Waals surface area contributed by atoms with Crippen molar-refractivity contribution in [3.63, 3.8) is 0 Å². The van der Waals surface area contributed by atoms with Crippen LogP contribution in [-0.2, 0) is 4.74 Å². The van der Waals surface area contributed by atoms with Crippen LogP contribution in [0.5, 0.6) is 0 Å². The molecule has 4 saturated heterocycles. The van der Waals surface area contributed by atoms with Gasteiger partial charge in [-0.1, -0.05) is 0 Å². The molecular weight excluding hydrogens is 176 g/mol. The van der Waals surface area contributed by atoms with Crippen molar-refractivity contribution in [2.75, 3.05) is 32.7 Å². The van der Waals surface area contributed by atoms with Gasteiger partial charge >= 0.3 is 0 Å². The Balaban J connectivity index is 1.81. The van der Waals surface area contributed by atoms with Crippen molar-refractivity contribution in [3.8, 4) is 0 Å². The third-order valence-corrected chi connectivity index (χ3v) is 4.11. The van der Waals surface area contributed by atoms with E-state index in [2.05, 4.69) is 17.1 Å². The largest absolute Gasteiger partial charge is 0.368 e. The maximum atomic E-state index is 6.24. The van der Waals surface area contributed by atoms with Crippen LogP contribution in [-0.4, -0.2) is 49.3 Å². The molecule has 3 heteroatoms. The zero-order valence-corrected chi connectivity index (χ0v) is 8.96. The van der Waals surface area contributed by atoms with E-state index in [-0.39, 0.29) is 5.60 Å². The van der Waals surface area contributed by atoms with Crippen molar-refractivity contribution in [1.29, 1.82) is 0 Å². The molecule has 1 N–H and O–H groups in total. The summed E-state index contributed by atoms with van der Waals surface area (Å²) in [5, 5.41) is 3.53. The number of morpholine rings is 1. The van der Waals surface area contributed by atoms with Crippen molar-refractivity contribution in [2.45, 2.75) is 31.5 Å². The Bertz CT molecular complexity index is 221. The summed E-state index contributed by atoms with van der Waals surface area (Å²) >= 11 is 0. The van der Waals surface area contributed by atoms with Crippen LogP contribution < -0.4 is 5.32 Å². The van der Waals surface area contributed by atoms with Gasteiger partial charge in [-0.2, -0.15) is 0 Å². The molecule has 0 saturated carbocycles. The fraction of sp³-hybridized carbons (Fsp3) is 1.00. The Kier molecular flexibility index (Phi) is 2.08.